The summed E-state index contributed by atoms with van der Waals surface area (Å²) in [5, 5.41) is 11.6. The van der Waals surface area contributed by atoms with Gasteiger partial charge in [0.05, 0.1) is 19.6 Å². The summed E-state index contributed by atoms with van der Waals surface area (Å²) in [6, 6.07) is 5.09. The van der Waals surface area contributed by atoms with Crippen LogP contribution in [0.25, 0.3) is 6.08 Å². The number of carbonyl (C=O) groups excluding carboxylic acids is 3. The van der Waals surface area contributed by atoms with Crippen molar-refractivity contribution in [2.75, 3.05) is 20.3 Å². The number of rotatable bonds is 2. The number of hydrogen-bond acceptors (Lipinski definition) is 9. The van der Waals surface area contributed by atoms with Gasteiger partial charge in [-0.15, -0.1) is 0 Å². The number of esters is 2. The van der Waals surface area contributed by atoms with E-state index in [1.807, 2.05) is 6.08 Å². The highest BCUT2D eigenvalue weighted by Gasteiger charge is 2.36. The number of fused-ring (bicyclic) bond motifs is 3. The molecule has 1 N–H and O–H groups in total. The van der Waals surface area contributed by atoms with E-state index >= 15 is 0 Å². The SMILES string of the molecule is COc1cc(C2CC(=O)Oc3cc4c(c(O)c32)C(=O)OC(C)CCCC(=O)CCCC=C4)cc2c1OCCO2. The summed E-state index contributed by atoms with van der Waals surface area (Å²) in [5.41, 5.74) is 1.35. The maximum atomic E-state index is 13.4. The van der Waals surface area contributed by atoms with E-state index in [0.717, 1.165) is 0 Å². The van der Waals surface area contributed by atoms with Crippen LogP contribution in [0.2, 0.25) is 0 Å². The van der Waals surface area contributed by atoms with E-state index in [1.165, 1.54) is 7.11 Å². The molecule has 0 fully saturated rings. The smallest absolute Gasteiger partial charge is 0.342 e. The van der Waals surface area contributed by atoms with Crippen molar-refractivity contribution in [3.8, 4) is 28.7 Å². The third-order valence-corrected chi connectivity index (χ3v) is 7.23. The summed E-state index contributed by atoms with van der Waals surface area (Å²) < 4.78 is 28.3. The Morgan fingerprint density at radius 3 is 2.62 bits per heavy atom. The number of benzene rings is 2. The molecule has 0 saturated heterocycles. The van der Waals surface area contributed by atoms with Gasteiger partial charge < -0.3 is 28.8 Å². The van der Waals surface area contributed by atoms with Crippen molar-refractivity contribution < 1.29 is 43.2 Å². The molecule has 206 valence electrons. The number of allylic oxidation sites excluding steroid dienone is 1. The molecule has 2 aromatic rings. The monoisotopic (exact) mass is 536 g/mol. The first kappa shape index (κ1) is 26.6. The first-order valence-electron chi connectivity index (χ1n) is 13.3. The van der Waals surface area contributed by atoms with Crippen molar-refractivity contribution in [3.05, 3.63) is 46.5 Å². The minimum Gasteiger partial charge on any atom is -0.507 e. The van der Waals surface area contributed by atoms with Gasteiger partial charge in [-0.05, 0) is 61.9 Å². The lowest BCUT2D eigenvalue weighted by Crippen LogP contribution is -2.24. The second-order valence-corrected chi connectivity index (χ2v) is 10.0. The molecule has 39 heavy (non-hydrogen) atoms. The number of Topliss-reactive ketones (excluding diaryl/α,β-unsaturated/α-hetero) is 1. The summed E-state index contributed by atoms with van der Waals surface area (Å²) >= 11 is 0. The second kappa shape index (κ2) is 11.4. The van der Waals surface area contributed by atoms with E-state index in [4.69, 9.17) is 23.7 Å². The zero-order chi connectivity index (χ0) is 27.5. The predicted molar refractivity (Wildman–Crippen MR) is 141 cm³/mol. The van der Waals surface area contributed by atoms with Crippen LogP contribution in [-0.4, -0.2) is 49.3 Å². The molecule has 0 spiro atoms. The van der Waals surface area contributed by atoms with Gasteiger partial charge in [-0.25, -0.2) is 4.79 Å². The highest BCUT2D eigenvalue weighted by molar-refractivity contribution is 5.98. The van der Waals surface area contributed by atoms with Crippen molar-refractivity contribution >= 4 is 23.8 Å². The lowest BCUT2D eigenvalue weighted by Gasteiger charge is -2.29. The molecule has 0 aromatic heterocycles. The Balaban J connectivity index is 1.61. The van der Waals surface area contributed by atoms with Gasteiger partial charge >= 0.3 is 11.9 Å². The molecular formula is C30H32O9. The van der Waals surface area contributed by atoms with Crippen LogP contribution >= 0.6 is 0 Å². The van der Waals surface area contributed by atoms with Crippen LogP contribution in [0.4, 0.5) is 0 Å². The molecule has 9 heteroatoms. The number of carbonyl (C=O) groups is 3. The van der Waals surface area contributed by atoms with Gasteiger partial charge in [0, 0.05) is 24.3 Å². The van der Waals surface area contributed by atoms with Crippen LogP contribution in [0, 0.1) is 0 Å². The Morgan fingerprint density at radius 1 is 1.00 bits per heavy atom. The third kappa shape index (κ3) is 5.57. The van der Waals surface area contributed by atoms with Gasteiger partial charge in [-0.2, -0.15) is 0 Å². The number of ether oxygens (including phenoxy) is 5. The average Bonchev–Trinajstić information content (AvgIpc) is 2.91. The van der Waals surface area contributed by atoms with Crippen LogP contribution < -0.4 is 18.9 Å². The average molecular weight is 537 g/mol. The topological polar surface area (TPSA) is 118 Å². The molecule has 3 aliphatic heterocycles. The number of phenols is 1. The largest absolute Gasteiger partial charge is 0.507 e. The van der Waals surface area contributed by atoms with E-state index in [0.29, 0.717) is 85.7 Å². The molecular weight excluding hydrogens is 504 g/mol. The minimum atomic E-state index is -0.679. The first-order chi connectivity index (χ1) is 18.9. The summed E-state index contributed by atoms with van der Waals surface area (Å²) in [4.78, 5) is 38.2. The van der Waals surface area contributed by atoms with E-state index in [2.05, 4.69) is 0 Å². The zero-order valence-corrected chi connectivity index (χ0v) is 22.1. The van der Waals surface area contributed by atoms with Gasteiger partial charge in [0.2, 0.25) is 5.75 Å². The molecule has 2 unspecified atom stereocenters. The molecule has 2 aromatic carbocycles. The number of aromatic hydroxyl groups is 1. The maximum absolute atomic E-state index is 13.4. The highest BCUT2D eigenvalue weighted by Crippen LogP contribution is 2.50. The normalized spacial score (nSPS) is 21.6. The van der Waals surface area contributed by atoms with E-state index in [9.17, 15) is 19.5 Å². The van der Waals surface area contributed by atoms with E-state index in [1.54, 1.807) is 31.2 Å². The van der Waals surface area contributed by atoms with Crippen LogP contribution in [-0.2, 0) is 14.3 Å². The number of phenolic OH excluding ortho intramolecular Hbond substituents is 1. The Kier molecular flexibility index (Phi) is 7.77. The number of hydrogen-bond donors (Lipinski definition) is 1. The van der Waals surface area contributed by atoms with Gasteiger partial charge in [-0.3, -0.25) is 9.59 Å². The van der Waals surface area contributed by atoms with Crippen LogP contribution in [0.1, 0.15) is 84.8 Å². The van der Waals surface area contributed by atoms with Gasteiger partial charge in [0.15, 0.2) is 11.5 Å². The fourth-order valence-corrected chi connectivity index (χ4v) is 5.30. The fourth-order valence-electron chi connectivity index (χ4n) is 5.30. The van der Waals surface area contributed by atoms with E-state index < -0.39 is 24.0 Å². The quantitative estimate of drug-likeness (QED) is 0.413. The van der Waals surface area contributed by atoms with Crippen molar-refractivity contribution in [1.82, 2.24) is 0 Å². The Hall–Kier alpha value is -4.01. The lowest BCUT2D eigenvalue weighted by molar-refractivity contribution is -0.135. The maximum Gasteiger partial charge on any atom is 0.342 e. The molecule has 0 bridgehead atoms. The van der Waals surface area contributed by atoms with Crippen molar-refractivity contribution in [1.29, 1.82) is 0 Å². The number of methoxy groups -OCH3 is 1. The second-order valence-electron chi connectivity index (χ2n) is 10.0. The van der Waals surface area contributed by atoms with Crippen molar-refractivity contribution in [3.63, 3.8) is 0 Å². The Bertz CT molecular complexity index is 1310. The Morgan fingerprint density at radius 2 is 1.79 bits per heavy atom. The lowest BCUT2D eigenvalue weighted by atomic mass is 9.83. The third-order valence-electron chi connectivity index (χ3n) is 7.23. The molecule has 9 nitrogen and oxygen atoms in total. The van der Waals surface area contributed by atoms with Crippen LogP contribution in [0.5, 0.6) is 28.7 Å². The number of ketones is 1. The van der Waals surface area contributed by atoms with E-state index in [-0.39, 0.29) is 29.3 Å². The molecule has 2 atom stereocenters. The summed E-state index contributed by atoms with van der Waals surface area (Å²) in [7, 11) is 1.51. The molecule has 5 rings (SSSR count). The molecule has 3 heterocycles. The molecule has 3 aliphatic rings. The van der Waals surface area contributed by atoms with Crippen LogP contribution in [0.3, 0.4) is 0 Å². The molecule has 0 amide bonds. The van der Waals surface area contributed by atoms with Gasteiger partial charge in [0.1, 0.15) is 36.1 Å². The predicted octanol–water partition coefficient (Wildman–Crippen LogP) is 5.09. The first-order valence-corrected chi connectivity index (χ1v) is 13.3. The fraction of sp³-hybridized carbons (Fsp3) is 0.433. The summed E-state index contributed by atoms with van der Waals surface area (Å²) in [6.07, 6.45) is 6.43. The van der Waals surface area contributed by atoms with Crippen LogP contribution in [0.15, 0.2) is 24.3 Å². The van der Waals surface area contributed by atoms with Gasteiger partial charge in [-0.1, -0.05) is 12.2 Å². The molecule has 0 radical (unpaired) electrons. The molecule has 0 aliphatic carbocycles. The highest BCUT2D eigenvalue weighted by atomic mass is 16.6. The molecule has 0 saturated carbocycles. The van der Waals surface area contributed by atoms with Crippen molar-refractivity contribution in [2.45, 2.75) is 63.9 Å². The van der Waals surface area contributed by atoms with Crippen molar-refractivity contribution in [2.24, 2.45) is 0 Å². The number of cyclic esters (lactones) is 1. The van der Waals surface area contributed by atoms with Gasteiger partial charge in [0.25, 0.3) is 0 Å². The standard InChI is InChI=1S/C30H32O9/c1-17-7-6-10-20(31)9-5-3-4-8-18-13-22-27(28(33)26(18)30(34)38-17)21(16-25(32)39-22)19-14-23(35-2)29-24(15-19)36-11-12-37-29/h4,8,13-15,17,21,33H,3,5-7,9-12,16H2,1-2H3. The summed E-state index contributed by atoms with van der Waals surface area (Å²) in [5.74, 6) is -0.324. The zero-order valence-electron chi connectivity index (χ0n) is 22.1. The Labute approximate surface area is 226 Å². The summed E-state index contributed by atoms with van der Waals surface area (Å²) in [6.45, 7) is 2.52. The minimum absolute atomic E-state index is 0.0115.